The lowest BCUT2D eigenvalue weighted by atomic mass is 10.1. The molecule has 16 heavy (non-hydrogen) atoms. The Morgan fingerprint density at radius 1 is 1.56 bits per heavy atom. The first-order valence-electron chi connectivity index (χ1n) is 6.47. The zero-order valence-corrected chi connectivity index (χ0v) is 11.3. The molecule has 2 nitrogen and oxygen atoms in total. The van der Waals surface area contributed by atoms with Gasteiger partial charge in [-0.05, 0) is 57.1 Å². The highest BCUT2D eigenvalue weighted by Gasteiger charge is 2.07. The van der Waals surface area contributed by atoms with Crippen LogP contribution < -0.4 is 11.1 Å². The molecule has 0 aromatic heterocycles. The number of allylic oxidation sites excluding steroid dienone is 1. The van der Waals surface area contributed by atoms with Gasteiger partial charge in [-0.1, -0.05) is 11.6 Å². The van der Waals surface area contributed by atoms with E-state index in [0.717, 1.165) is 13.1 Å². The Morgan fingerprint density at radius 3 is 3.06 bits per heavy atom. The Kier molecular flexibility index (Phi) is 7.99. The maximum absolute atomic E-state index is 5.77. The second kappa shape index (κ2) is 9.08. The Labute approximate surface area is 104 Å². The van der Waals surface area contributed by atoms with E-state index >= 15 is 0 Å². The van der Waals surface area contributed by atoms with Crippen molar-refractivity contribution >= 4 is 11.8 Å². The van der Waals surface area contributed by atoms with E-state index < -0.39 is 0 Å². The SMILES string of the molecule is CSCCCC(CN)NCCC1=CCCC1. The summed E-state index contributed by atoms with van der Waals surface area (Å²) in [6.45, 7) is 1.88. The molecule has 0 aromatic carbocycles. The number of nitrogens with two attached hydrogens (primary N) is 1. The second-order valence-electron chi connectivity index (χ2n) is 4.53. The standard InChI is InChI=1S/C13H26N2S/c1-16-10-4-7-13(11-14)15-9-8-12-5-2-3-6-12/h5,13,15H,2-4,6-11,14H2,1H3. The normalized spacial score (nSPS) is 17.5. The molecule has 1 aliphatic rings. The minimum Gasteiger partial charge on any atom is -0.329 e. The zero-order chi connectivity index (χ0) is 11.6. The maximum Gasteiger partial charge on any atom is 0.0190 e. The number of thioether (sulfide) groups is 1. The van der Waals surface area contributed by atoms with Crippen molar-refractivity contribution < 1.29 is 0 Å². The van der Waals surface area contributed by atoms with E-state index in [1.165, 1.54) is 44.3 Å². The molecular weight excluding hydrogens is 216 g/mol. The fraction of sp³-hybridized carbons (Fsp3) is 0.846. The summed E-state index contributed by atoms with van der Waals surface area (Å²) in [4.78, 5) is 0. The first-order valence-corrected chi connectivity index (χ1v) is 7.86. The van der Waals surface area contributed by atoms with Gasteiger partial charge in [-0.25, -0.2) is 0 Å². The van der Waals surface area contributed by atoms with Crippen molar-refractivity contribution in [1.82, 2.24) is 5.32 Å². The average molecular weight is 242 g/mol. The molecule has 0 fully saturated rings. The van der Waals surface area contributed by atoms with E-state index in [0.29, 0.717) is 6.04 Å². The van der Waals surface area contributed by atoms with Crippen LogP contribution in [0.15, 0.2) is 11.6 Å². The highest BCUT2D eigenvalue weighted by atomic mass is 32.2. The van der Waals surface area contributed by atoms with Crippen LogP contribution in [0, 0.1) is 0 Å². The van der Waals surface area contributed by atoms with Gasteiger partial charge in [0, 0.05) is 12.6 Å². The van der Waals surface area contributed by atoms with Crippen LogP contribution in [-0.2, 0) is 0 Å². The van der Waals surface area contributed by atoms with E-state index in [1.807, 2.05) is 11.8 Å². The van der Waals surface area contributed by atoms with Crippen LogP contribution in [0.5, 0.6) is 0 Å². The van der Waals surface area contributed by atoms with Crippen molar-refractivity contribution in [3.8, 4) is 0 Å². The monoisotopic (exact) mass is 242 g/mol. The molecule has 94 valence electrons. The number of nitrogens with one attached hydrogen (secondary N) is 1. The van der Waals surface area contributed by atoms with Crippen LogP contribution in [0.1, 0.15) is 38.5 Å². The predicted octanol–water partition coefficient (Wildman–Crippen LogP) is 2.55. The fourth-order valence-corrected chi connectivity index (χ4v) is 2.63. The van der Waals surface area contributed by atoms with Crippen LogP contribution in [0.2, 0.25) is 0 Å². The highest BCUT2D eigenvalue weighted by molar-refractivity contribution is 7.98. The number of rotatable bonds is 9. The van der Waals surface area contributed by atoms with E-state index in [2.05, 4.69) is 17.6 Å². The molecule has 0 amide bonds. The Hall–Kier alpha value is 0.0100. The third-order valence-electron chi connectivity index (χ3n) is 3.20. The van der Waals surface area contributed by atoms with Crippen LogP contribution in [0.3, 0.4) is 0 Å². The average Bonchev–Trinajstić information content (AvgIpc) is 2.80. The van der Waals surface area contributed by atoms with Crippen molar-refractivity contribution in [3.05, 3.63) is 11.6 Å². The van der Waals surface area contributed by atoms with Crippen molar-refractivity contribution in [3.63, 3.8) is 0 Å². The molecule has 0 bridgehead atoms. The largest absolute Gasteiger partial charge is 0.329 e. The molecule has 0 aromatic rings. The van der Waals surface area contributed by atoms with Gasteiger partial charge in [0.05, 0.1) is 0 Å². The van der Waals surface area contributed by atoms with Gasteiger partial charge < -0.3 is 11.1 Å². The van der Waals surface area contributed by atoms with Crippen molar-refractivity contribution in [2.24, 2.45) is 5.73 Å². The van der Waals surface area contributed by atoms with Crippen LogP contribution >= 0.6 is 11.8 Å². The molecule has 3 heteroatoms. The first kappa shape index (κ1) is 14.1. The van der Waals surface area contributed by atoms with Gasteiger partial charge in [0.15, 0.2) is 0 Å². The summed E-state index contributed by atoms with van der Waals surface area (Å²) in [5, 5.41) is 3.58. The van der Waals surface area contributed by atoms with Gasteiger partial charge >= 0.3 is 0 Å². The van der Waals surface area contributed by atoms with E-state index in [1.54, 1.807) is 5.57 Å². The summed E-state index contributed by atoms with van der Waals surface area (Å²) < 4.78 is 0. The lowest BCUT2D eigenvalue weighted by molar-refractivity contribution is 0.486. The third kappa shape index (κ3) is 5.92. The smallest absolute Gasteiger partial charge is 0.0190 e. The Balaban J connectivity index is 2.03. The number of hydrogen-bond donors (Lipinski definition) is 2. The minimum absolute atomic E-state index is 0.522. The first-order chi connectivity index (χ1) is 7.86. The summed E-state index contributed by atoms with van der Waals surface area (Å²) >= 11 is 1.92. The molecule has 1 aliphatic carbocycles. The highest BCUT2D eigenvalue weighted by Crippen LogP contribution is 2.19. The summed E-state index contributed by atoms with van der Waals surface area (Å²) in [6.07, 6.45) is 12.3. The van der Waals surface area contributed by atoms with Crippen LogP contribution in [0.25, 0.3) is 0 Å². The predicted molar refractivity (Wildman–Crippen MR) is 75.0 cm³/mol. The van der Waals surface area contributed by atoms with E-state index in [-0.39, 0.29) is 0 Å². The van der Waals surface area contributed by atoms with Crippen molar-refractivity contribution in [1.29, 1.82) is 0 Å². The summed E-state index contributed by atoms with van der Waals surface area (Å²) in [5.74, 6) is 1.25. The van der Waals surface area contributed by atoms with Gasteiger partial charge in [0.2, 0.25) is 0 Å². The van der Waals surface area contributed by atoms with Crippen LogP contribution in [0.4, 0.5) is 0 Å². The zero-order valence-electron chi connectivity index (χ0n) is 10.5. The molecule has 3 N–H and O–H groups in total. The number of hydrogen-bond acceptors (Lipinski definition) is 3. The summed E-state index contributed by atoms with van der Waals surface area (Å²) in [7, 11) is 0. The fourth-order valence-electron chi connectivity index (χ4n) is 2.18. The second-order valence-corrected chi connectivity index (χ2v) is 5.51. The quantitative estimate of drug-likeness (QED) is 0.482. The lowest BCUT2D eigenvalue weighted by Crippen LogP contribution is -2.36. The molecule has 1 rings (SSSR count). The minimum atomic E-state index is 0.522. The van der Waals surface area contributed by atoms with Gasteiger partial charge in [0.25, 0.3) is 0 Å². The molecule has 0 aliphatic heterocycles. The van der Waals surface area contributed by atoms with Crippen molar-refractivity contribution in [2.75, 3.05) is 25.1 Å². The van der Waals surface area contributed by atoms with Gasteiger partial charge in [0.1, 0.15) is 0 Å². The Bertz CT molecular complexity index is 204. The van der Waals surface area contributed by atoms with E-state index in [9.17, 15) is 0 Å². The molecule has 1 atom stereocenters. The molecule has 0 radical (unpaired) electrons. The topological polar surface area (TPSA) is 38.0 Å². The van der Waals surface area contributed by atoms with Gasteiger partial charge in [-0.2, -0.15) is 11.8 Å². The molecule has 0 saturated heterocycles. The third-order valence-corrected chi connectivity index (χ3v) is 3.90. The Morgan fingerprint density at radius 2 is 2.44 bits per heavy atom. The van der Waals surface area contributed by atoms with Gasteiger partial charge in [-0.3, -0.25) is 0 Å². The maximum atomic E-state index is 5.77. The van der Waals surface area contributed by atoms with Crippen molar-refractivity contribution in [2.45, 2.75) is 44.6 Å². The molecule has 1 unspecified atom stereocenters. The summed E-state index contributed by atoms with van der Waals surface area (Å²) in [5.41, 5.74) is 7.41. The van der Waals surface area contributed by atoms with E-state index in [4.69, 9.17) is 5.73 Å². The lowest BCUT2D eigenvalue weighted by Gasteiger charge is -2.16. The molecule has 0 spiro atoms. The van der Waals surface area contributed by atoms with Crippen LogP contribution in [-0.4, -0.2) is 31.1 Å². The molecular formula is C13H26N2S. The van der Waals surface area contributed by atoms with Gasteiger partial charge in [-0.15, -0.1) is 0 Å². The summed E-state index contributed by atoms with van der Waals surface area (Å²) in [6, 6.07) is 0.522. The molecule has 0 heterocycles. The molecule has 0 saturated carbocycles.